The number of anilines is 1. The van der Waals surface area contributed by atoms with Gasteiger partial charge in [-0.05, 0) is 47.9 Å². The Balaban J connectivity index is 1.82. The smallest absolute Gasteiger partial charge is 0.367 e. The Kier molecular flexibility index (Phi) is 5.32. The number of hydrogen-bond donors (Lipinski definition) is 1. The van der Waals surface area contributed by atoms with Gasteiger partial charge < -0.3 is 9.47 Å². The van der Waals surface area contributed by atoms with Crippen LogP contribution in [-0.4, -0.2) is 35.0 Å². The van der Waals surface area contributed by atoms with E-state index in [1.165, 1.54) is 20.3 Å². The molecule has 0 saturated heterocycles. The fourth-order valence-electron chi connectivity index (χ4n) is 2.26. The van der Waals surface area contributed by atoms with Crippen molar-refractivity contribution < 1.29 is 19.1 Å². The topological polar surface area (TPSA) is 99.5 Å². The van der Waals surface area contributed by atoms with Crippen molar-refractivity contribution in [1.29, 1.82) is 0 Å². The van der Waals surface area contributed by atoms with Gasteiger partial charge in [0.1, 0.15) is 11.5 Å². The number of nitrogens with zero attached hydrogens (tertiary/aromatic N) is 2. The van der Waals surface area contributed by atoms with Crippen LogP contribution in [0.5, 0.6) is 11.5 Å². The van der Waals surface area contributed by atoms with Gasteiger partial charge in [-0.3, -0.25) is 14.9 Å². The molecule has 1 heterocycles. The Morgan fingerprint density at radius 3 is 2.22 bits per heavy atom. The number of carbonyl (C=O) groups excluding carboxylic acids is 2. The number of aromatic nitrogens is 2. The predicted octanol–water partition coefficient (Wildman–Crippen LogP) is 2.26. The van der Waals surface area contributed by atoms with Crippen LogP contribution in [0.2, 0.25) is 0 Å². The Hall–Kier alpha value is -3.46. The van der Waals surface area contributed by atoms with E-state index >= 15 is 0 Å². The zero-order valence-corrected chi connectivity index (χ0v) is 15.3. The average Bonchev–Trinajstić information content (AvgIpc) is 3.07. The highest BCUT2D eigenvalue weighted by molar-refractivity contribution is 7.11. The summed E-state index contributed by atoms with van der Waals surface area (Å²) in [7, 11) is 2.98. The molecule has 1 aromatic heterocycles. The van der Waals surface area contributed by atoms with Gasteiger partial charge in [0.2, 0.25) is 5.13 Å². The molecule has 0 atom stereocenters. The van der Waals surface area contributed by atoms with Crippen LogP contribution in [0.3, 0.4) is 0 Å². The van der Waals surface area contributed by atoms with Crippen molar-refractivity contribution in [2.75, 3.05) is 19.5 Å². The molecule has 27 heavy (non-hydrogen) atoms. The van der Waals surface area contributed by atoms with Crippen LogP contribution in [0.15, 0.2) is 53.3 Å². The lowest BCUT2D eigenvalue weighted by Gasteiger charge is -2.04. The van der Waals surface area contributed by atoms with Crippen molar-refractivity contribution in [3.63, 3.8) is 0 Å². The van der Waals surface area contributed by atoms with Gasteiger partial charge in [0.15, 0.2) is 0 Å². The van der Waals surface area contributed by atoms with E-state index in [4.69, 9.17) is 9.47 Å². The quantitative estimate of drug-likeness (QED) is 0.723. The van der Waals surface area contributed by atoms with Gasteiger partial charge in [0.25, 0.3) is 11.8 Å². The number of rotatable bonds is 5. The van der Waals surface area contributed by atoms with Crippen LogP contribution >= 0.6 is 11.5 Å². The number of amides is 1. The fourth-order valence-corrected chi connectivity index (χ4v) is 3.00. The Labute approximate surface area is 158 Å². The first kappa shape index (κ1) is 18.3. The molecule has 9 heteroatoms. The van der Waals surface area contributed by atoms with Crippen LogP contribution in [0.25, 0.3) is 0 Å². The highest BCUT2D eigenvalue weighted by atomic mass is 32.1. The van der Waals surface area contributed by atoms with E-state index in [1.54, 1.807) is 42.5 Å². The van der Waals surface area contributed by atoms with Crippen molar-refractivity contribution in [2.45, 2.75) is 0 Å². The summed E-state index contributed by atoms with van der Waals surface area (Å²) in [5, 5.41) is 2.53. The molecule has 0 fully saturated rings. The maximum absolute atomic E-state index is 12.5. The molecule has 0 saturated carbocycles. The molecule has 8 nitrogen and oxygen atoms in total. The summed E-state index contributed by atoms with van der Waals surface area (Å²) in [4.78, 5) is 40.6. The molecule has 3 rings (SSSR count). The van der Waals surface area contributed by atoms with Gasteiger partial charge in [-0.2, -0.15) is 8.94 Å². The van der Waals surface area contributed by atoms with Gasteiger partial charge in [-0.15, -0.1) is 0 Å². The molecule has 0 radical (unpaired) electrons. The Bertz CT molecular complexity index is 1060. The molecule has 0 unspecified atom stereocenters. The monoisotopic (exact) mass is 385 g/mol. The van der Waals surface area contributed by atoms with Crippen molar-refractivity contribution in [1.82, 2.24) is 8.94 Å². The van der Waals surface area contributed by atoms with Crippen molar-refractivity contribution in [3.8, 4) is 11.5 Å². The minimum absolute atomic E-state index is 0.0177. The van der Waals surface area contributed by atoms with Crippen LogP contribution in [-0.2, 0) is 0 Å². The molecule has 3 aromatic rings. The molecule has 1 amide bonds. The maximum Gasteiger partial charge on any atom is 0.367 e. The normalized spacial score (nSPS) is 10.3. The van der Waals surface area contributed by atoms with E-state index in [-0.39, 0.29) is 10.7 Å². The van der Waals surface area contributed by atoms with Gasteiger partial charge in [0.05, 0.1) is 14.2 Å². The van der Waals surface area contributed by atoms with E-state index in [0.717, 1.165) is 15.5 Å². The van der Waals surface area contributed by atoms with E-state index in [0.29, 0.717) is 17.1 Å². The molecule has 0 aliphatic heterocycles. The van der Waals surface area contributed by atoms with Gasteiger partial charge in [-0.1, -0.05) is 12.1 Å². The highest BCUT2D eigenvalue weighted by Gasteiger charge is 2.18. The fraction of sp³-hybridized carbons (Fsp3) is 0.111. The van der Waals surface area contributed by atoms with E-state index < -0.39 is 17.5 Å². The minimum atomic E-state index is -0.770. The zero-order chi connectivity index (χ0) is 19.4. The lowest BCUT2D eigenvalue weighted by Crippen LogP contribution is -2.23. The summed E-state index contributed by atoms with van der Waals surface area (Å²) in [6, 6.07) is 12.9. The lowest BCUT2D eigenvalue weighted by molar-refractivity contribution is 0.0966. The second kappa shape index (κ2) is 7.83. The predicted molar refractivity (Wildman–Crippen MR) is 100 cm³/mol. The summed E-state index contributed by atoms with van der Waals surface area (Å²) in [6.45, 7) is 0. The Morgan fingerprint density at radius 2 is 1.59 bits per heavy atom. The number of carbonyl (C=O) groups is 2. The third kappa shape index (κ3) is 4.04. The highest BCUT2D eigenvalue weighted by Crippen LogP contribution is 2.18. The van der Waals surface area contributed by atoms with Crippen molar-refractivity contribution in [2.24, 2.45) is 0 Å². The average molecular weight is 385 g/mol. The van der Waals surface area contributed by atoms with E-state index in [2.05, 4.69) is 10.3 Å². The molecule has 138 valence electrons. The zero-order valence-electron chi connectivity index (χ0n) is 14.5. The largest absolute Gasteiger partial charge is 0.497 e. The Morgan fingerprint density at radius 1 is 1.00 bits per heavy atom. The molecule has 0 aliphatic rings. The van der Waals surface area contributed by atoms with Crippen LogP contribution in [0.4, 0.5) is 5.13 Å². The molecule has 0 spiro atoms. The first-order valence-corrected chi connectivity index (χ1v) is 8.53. The third-order valence-electron chi connectivity index (χ3n) is 3.60. The molecular weight excluding hydrogens is 370 g/mol. The summed E-state index contributed by atoms with van der Waals surface area (Å²) in [5.74, 6) is -0.0126. The first-order valence-electron chi connectivity index (χ1n) is 7.76. The number of ether oxygens (including phenoxy) is 2. The summed E-state index contributed by atoms with van der Waals surface area (Å²) < 4.78 is 11.0. The second-order valence-electron chi connectivity index (χ2n) is 5.31. The number of methoxy groups -OCH3 is 2. The van der Waals surface area contributed by atoms with Crippen LogP contribution in [0, 0.1) is 0 Å². The maximum atomic E-state index is 12.5. The second-order valence-corrected chi connectivity index (χ2v) is 6.24. The molecule has 1 N–H and O–H groups in total. The van der Waals surface area contributed by atoms with Gasteiger partial charge in [0, 0.05) is 11.1 Å². The molecular formula is C18H15N3O5S. The molecule has 0 bridgehead atoms. The first-order chi connectivity index (χ1) is 13.0. The third-order valence-corrected chi connectivity index (χ3v) is 4.47. The standard InChI is InChI=1S/C18H15N3O5S/c1-25-13-7-3-5-11(9-13)15(22)19-17-20-18(24)21(27-17)16(23)12-6-4-8-14(10-12)26-2/h3-10H,1-2H3,(H,19,20,22,24). The van der Waals surface area contributed by atoms with E-state index in [9.17, 15) is 14.4 Å². The molecule has 0 aliphatic carbocycles. The number of hydrogen-bond acceptors (Lipinski definition) is 7. The summed E-state index contributed by atoms with van der Waals surface area (Å²) in [6.07, 6.45) is 0. The summed E-state index contributed by atoms with van der Waals surface area (Å²) in [5.41, 5.74) is -0.165. The van der Waals surface area contributed by atoms with Crippen molar-refractivity contribution in [3.05, 3.63) is 70.1 Å². The number of nitrogens with one attached hydrogen (secondary N) is 1. The SMILES string of the molecule is COc1cccc(C(=O)Nc2nc(=O)n(C(=O)c3cccc(OC)c3)s2)c1. The van der Waals surface area contributed by atoms with E-state index in [1.807, 2.05) is 0 Å². The van der Waals surface area contributed by atoms with Crippen LogP contribution in [0.1, 0.15) is 20.7 Å². The minimum Gasteiger partial charge on any atom is -0.497 e. The molecule has 2 aromatic carbocycles. The summed E-state index contributed by atoms with van der Waals surface area (Å²) >= 11 is 0.748. The lowest BCUT2D eigenvalue weighted by atomic mass is 10.2. The van der Waals surface area contributed by atoms with Gasteiger partial charge >= 0.3 is 5.69 Å². The van der Waals surface area contributed by atoms with Crippen molar-refractivity contribution >= 4 is 28.5 Å². The number of benzene rings is 2. The van der Waals surface area contributed by atoms with Crippen LogP contribution < -0.4 is 20.5 Å². The van der Waals surface area contributed by atoms with Gasteiger partial charge in [-0.25, -0.2) is 4.79 Å².